The highest BCUT2D eigenvalue weighted by Crippen LogP contribution is 2.39. The molecule has 1 aliphatic heterocycles. The number of nitro benzene ring substituents is 1. The van der Waals surface area contributed by atoms with Crippen molar-refractivity contribution < 1.29 is 37.9 Å². The number of methoxy groups -OCH3 is 2. The van der Waals surface area contributed by atoms with Crippen LogP contribution in [0, 0.1) is 15.9 Å². The van der Waals surface area contributed by atoms with Gasteiger partial charge in [-0.3, -0.25) is 24.6 Å². The lowest BCUT2D eigenvalue weighted by Crippen LogP contribution is -2.27. The minimum atomic E-state index is -0.739. The zero-order chi connectivity index (χ0) is 28.3. The number of imide groups is 1. The van der Waals surface area contributed by atoms with Crippen molar-refractivity contribution in [2.24, 2.45) is 0 Å². The number of halogens is 2. The van der Waals surface area contributed by atoms with E-state index in [-0.39, 0.29) is 39.3 Å². The molecule has 0 aliphatic carbocycles. The lowest BCUT2D eigenvalue weighted by molar-refractivity contribution is -0.385. The van der Waals surface area contributed by atoms with Gasteiger partial charge in [0.05, 0.1) is 36.2 Å². The largest absolute Gasteiger partial charge is 0.493 e. The van der Waals surface area contributed by atoms with Crippen LogP contribution in [-0.4, -0.2) is 41.2 Å². The maximum Gasteiger partial charge on any atom is 0.338 e. The Morgan fingerprint density at radius 2 is 1.82 bits per heavy atom. The molecule has 2 amide bonds. The summed E-state index contributed by atoms with van der Waals surface area (Å²) in [4.78, 5) is 49.2. The van der Waals surface area contributed by atoms with Crippen molar-refractivity contribution >= 4 is 52.2 Å². The second-order valence-electron chi connectivity index (χ2n) is 7.95. The van der Waals surface area contributed by atoms with Crippen LogP contribution in [0.1, 0.15) is 21.5 Å². The van der Waals surface area contributed by atoms with Crippen LogP contribution in [-0.2, 0) is 16.1 Å². The Morgan fingerprint density at radius 1 is 1.08 bits per heavy atom. The number of ether oxygens (including phenoxy) is 3. The van der Waals surface area contributed by atoms with Crippen molar-refractivity contribution in [2.45, 2.75) is 6.54 Å². The molecule has 3 aromatic rings. The molecule has 0 N–H and O–H groups in total. The van der Waals surface area contributed by atoms with Crippen LogP contribution in [0.3, 0.4) is 0 Å². The Labute approximate surface area is 230 Å². The van der Waals surface area contributed by atoms with E-state index in [1.54, 1.807) is 6.07 Å². The molecule has 0 bridgehead atoms. The number of carbonyl (C=O) groups is 3. The molecule has 4 rings (SSSR count). The predicted octanol–water partition coefficient (Wildman–Crippen LogP) is 6.21. The van der Waals surface area contributed by atoms with E-state index in [4.69, 9.17) is 21.1 Å². The van der Waals surface area contributed by atoms with E-state index in [2.05, 4.69) is 4.74 Å². The van der Waals surface area contributed by atoms with Gasteiger partial charge in [-0.15, -0.1) is 0 Å². The molecule has 200 valence electrons. The van der Waals surface area contributed by atoms with E-state index in [0.29, 0.717) is 11.1 Å². The van der Waals surface area contributed by atoms with Gasteiger partial charge < -0.3 is 14.2 Å². The molecular weight excluding hydrogens is 555 g/mol. The minimum absolute atomic E-state index is 0.0190. The van der Waals surface area contributed by atoms with Gasteiger partial charge in [0.2, 0.25) is 5.75 Å². The Morgan fingerprint density at radius 3 is 2.49 bits per heavy atom. The molecule has 0 aromatic heterocycles. The second-order valence-corrected chi connectivity index (χ2v) is 9.35. The van der Waals surface area contributed by atoms with E-state index in [1.165, 1.54) is 49.6 Å². The summed E-state index contributed by atoms with van der Waals surface area (Å²) in [5, 5.41) is 11.1. The molecule has 3 aromatic carbocycles. The Bertz CT molecular complexity index is 1540. The van der Waals surface area contributed by atoms with Gasteiger partial charge in [-0.25, -0.2) is 9.18 Å². The van der Waals surface area contributed by atoms with Crippen molar-refractivity contribution in [1.29, 1.82) is 0 Å². The van der Waals surface area contributed by atoms with Crippen LogP contribution in [0.2, 0.25) is 5.02 Å². The summed E-state index contributed by atoms with van der Waals surface area (Å²) in [6.45, 7) is -0.120. The molecule has 1 fully saturated rings. The maximum atomic E-state index is 13.3. The molecule has 10 nitrogen and oxygen atoms in total. The summed E-state index contributed by atoms with van der Waals surface area (Å²) >= 11 is 6.77. The van der Waals surface area contributed by atoms with E-state index in [9.17, 15) is 28.9 Å². The van der Waals surface area contributed by atoms with Crippen LogP contribution >= 0.6 is 23.4 Å². The Kier molecular flexibility index (Phi) is 8.17. The third kappa shape index (κ3) is 6.02. The van der Waals surface area contributed by atoms with Gasteiger partial charge in [0, 0.05) is 11.1 Å². The Hall–Kier alpha value is -4.42. The molecule has 0 atom stereocenters. The average molecular weight is 573 g/mol. The first-order chi connectivity index (χ1) is 18.6. The van der Waals surface area contributed by atoms with E-state index in [1.807, 2.05) is 0 Å². The molecule has 0 spiro atoms. The number of benzene rings is 3. The van der Waals surface area contributed by atoms with Crippen LogP contribution in [0.4, 0.5) is 14.9 Å². The zero-order valence-electron chi connectivity index (χ0n) is 20.3. The molecule has 0 unspecified atom stereocenters. The highest BCUT2D eigenvalue weighted by Gasteiger charge is 2.35. The number of carbonyl (C=O) groups excluding carboxylic acids is 3. The number of esters is 1. The number of rotatable bonds is 8. The van der Waals surface area contributed by atoms with Gasteiger partial charge in [-0.1, -0.05) is 23.7 Å². The number of hydrogen-bond donors (Lipinski definition) is 0. The molecule has 13 heteroatoms. The van der Waals surface area contributed by atoms with Crippen molar-refractivity contribution in [3.63, 3.8) is 0 Å². The number of amides is 2. The van der Waals surface area contributed by atoms with E-state index < -0.39 is 33.5 Å². The normalized spacial score (nSPS) is 14.1. The van der Waals surface area contributed by atoms with Crippen molar-refractivity contribution in [3.05, 3.63) is 97.1 Å². The summed E-state index contributed by atoms with van der Waals surface area (Å²) in [6, 6.07) is 11.9. The minimum Gasteiger partial charge on any atom is -0.493 e. The Balaban J connectivity index is 1.57. The fraction of sp³-hybridized carbons (Fsp3) is 0.115. The van der Waals surface area contributed by atoms with Crippen LogP contribution in [0.15, 0.2) is 59.5 Å². The molecule has 1 saturated heterocycles. The highest BCUT2D eigenvalue weighted by atomic mass is 35.5. The monoisotopic (exact) mass is 572 g/mol. The third-order valence-electron chi connectivity index (χ3n) is 5.50. The van der Waals surface area contributed by atoms with E-state index in [0.717, 1.165) is 35.9 Å². The summed E-state index contributed by atoms with van der Waals surface area (Å²) in [7, 11) is 2.52. The lowest BCUT2D eigenvalue weighted by atomic mass is 10.1. The van der Waals surface area contributed by atoms with Gasteiger partial charge in [-0.05, 0) is 65.4 Å². The smallest absolute Gasteiger partial charge is 0.338 e. The number of nitro groups is 1. The van der Waals surface area contributed by atoms with Gasteiger partial charge in [0.15, 0.2) is 11.5 Å². The molecule has 0 radical (unpaired) electrons. The van der Waals surface area contributed by atoms with Crippen molar-refractivity contribution in [3.8, 4) is 17.2 Å². The number of nitrogens with zero attached hydrogens (tertiary/aromatic N) is 2. The summed E-state index contributed by atoms with van der Waals surface area (Å²) in [6.07, 6.45) is 1.48. The van der Waals surface area contributed by atoms with Crippen LogP contribution in [0.25, 0.3) is 6.08 Å². The number of thioether (sulfide) groups is 1. The molecule has 1 aliphatic rings. The summed E-state index contributed by atoms with van der Waals surface area (Å²) < 4.78 is 29.0. The molecule has 0 saturated carbocycles. The van der Waals surface area contributed by atoms with E-state index >= 15 is 0 Å². The van der Waals surface area contributed by atoms with Gasteiger partial charge in [0.1, 0.15) is 5.82 Å². The predicted molar refractivity (Wildman–Crippen MR) is 140 cm³/mol. The van der Waals surface area contributed by atoms with Crippen LogP contribution in [0.5, 0.6) is 17.2 Å². The lowest BCUT2D eigenvalue weighted by Gasteiger charge is -2.13. The maximum absolute atomic E-state index is 13.3. The topological polar surface area (TPSA) is 125 Å². The first-order valence-electron chi connectivity index (χ1n) is 11.0. The standard InChI is InChI=1S/C26H18ClFN2O8S/c1-36-22-9-14(3-7-21(22)38-20-8-5-15(25(32)37-2)11-19(20)30(34)35)10-23-24(31)29(26(33)39-23)13-16-4-6-17(28)12-18(16)27/h3-12H,13H2,1-2H3/b23-10-. The van der Waals surface area contributed by atoms with Gasteiger partial charge in [0.25, 0.3) is 11.1 Å². The van der Waals surface area contributed by atoms with Gasteiger partial charge >= 0.3 is 11.7 Å². The molecule has 1 heterocycles. The molecule has 39 heavy (non-hydrogen) atoms. The fourth-order valence-electron chi connectivity index (χ4n) is 3.58. The zero-order valence-corrected chi connectivity index (χ0v) is 21.9. The second kappa shape index (κ2) is 11.5. The summed E-state index contributed by atoms with van der Waals surface area (Å²) in [5.41, 5.74) is 0.423. The molecular formula is C26H18ClFN2O8S. The SMILES string of the molecule is COC(=O)c1ccc(Oc2ccc(/C=C3\SC(=O)N(Cc4ccc(F)cc4Cl)C3=O)cc2OC)c([N+](=O)[O-])c1. The first kappa shape index (κ1) is 27.6. The third-order valence-corrected chi connectivity index (χ3v) is 6.76. The first-order valence-corrected chi connectivity index (χ1v) is 12.2. The van der Waals surface area contributed by atoms with Crippen molar-refractivity contribution in [1.82, 2.24) is 4.90 Å². The van der Waals surface area contributed by atoms with Crippen LogP contribution < -0.4 is 9.47 Å². The fourth-order valence-corrected chi connectivity index (χ4v) is 4.64. The quantitative estimate of drug-likeness (QED) is 0.134. The summed E-state index contributed by atoms with van der Waals surface area (Å²) in [5.74, 6) is -1.65. The van der Waals surface area contributed by atoms with Gasteiger partial charge in [-0.2, -0.15) is 0 Å². The highest BCUT2D eigenvalue weighted by molar-refractivity contribution is 8.18. The van der Waals surface area contributed by atoms with Crippen molar-refractivity contribution in [2.75, 3.05) is 14.2 Å². The average Bonchev–Trinajstić information content (AvgIpc) is 3.17. The number of hydrogen-bond acceptors (Lipinski definition) is 9.